The predicted molar refractivity (Wildman–Crippen MR) is 120 cm³/mol. The van der Waals surface area contributed by atoms with Crippen LogP contribution in [0.2, 0.25) is 0 Å². The number of thiazole rings is 1. The molecule has 0 bridgehead atoms. The van der Waals surface area contributed by atoms with Crippen molar-refractivity contribution in [3.8, 4) is 6.07 Å². The van der Waals surface area contributed by atoms with Crippen LogP contribution in [0, 0.1) is 11.3 Å². The van der Waals surface area contributed by atoms with E-state index in [9.17, 15) is 5.26 Å². The number of rotatable bonds is 3. The van der Waals surface area contributed by atoms with Gasteiger partial charge in [-0.3, -0.25) is 0 Å². The molecule has 2 aromatic carbocycles. The summed E-state index contributed by atoms with van der Waals surface area (Å²) in [7, 11) is 1.95. The lowest BCUT2D eigenvalue weighted by Crippen LogP contribution is -1.79. The van der Waals surface area contributed by atoms with Gasteiger partial charge in [0.15, 0.2) is 0 Å². The molecule has 0 amide bonds. The second kappa shape index (κ2) is 6.46. The van der Waals surface area contributed by atoms with Crippen LogP contribution in [-0.4, -0.2) is 12.0 Å². The monoisotopic (exact) mass is 403 g/mol. The molecule has 130 valence electrons. The number of anilines is 1. The largest absolute Gasteiger partial charge is 0.380 e. The summed E-state index contributed by atoms with van der Waals surface area (Å²) in [5.74, 6) is 0. The Morgan fingerprint density at radius 2 is 1.78 bits per heavy atom. The normalized spacial score (nSPS) is 12.1. The summed E-state index contributed by atoms with van der Waals surface area (Å²) in [5.41, 5.74) is 1.55. The highest BCUT2D eigenvalue weighted by Crippen LogP contribution is 2.37. The lowest BCUT2D eigenvalue weighted by molar-refractivity contribution is 1.44. The zero-order chi connectivity index (χ0) is 18.4. The summed E-state index contributed by atoms with van der Waals surface area (Å²) < 4.78 is 3.60. The number of allylic oxidation sites excluding steroid dienone is 1. The van der Waals surface area contributed by atoms with Crippen LogP contribution in [0.25, 0.3) is 42.0 Å². The van der Waals surface area contributed by atoms with E-state index in [1.165, 1.54) is 25.2 Å². The Morgan fingerprint density at radius 3 is 2.56 bits per heavy atom. The first-order chi connectivity index (χ1) is 13.2. The molecule has 0 saturated carbocycles. The summed E-state index contributed by atoms with van der Waals surface area (Å²) in [5, 5.41) is 17.3. The number of nitrogens with one attached hydrogen (secondary N) is 1. The molecule has 1 N–H and O–H groups in total. The van der Waals surface area contributed by atoms with E-state index < -0.39 is 0 Å². The molecule has 0 unspecified atom stereocenters. The second-order valence-electron chi connectivity index (χ2n) is 6.09. The summed E-state index contributed by atoms with van der Waals surface area (Å²) in [6.07, 6.45) is 1.95. The fourth-order valence-electron chi connectivity index (χ4n) is 3.06. The third-order valence-electron chi connectivity index (χ3n) is 4.35. The highest BCUT2D eigenvalue weighted by Gasteiger charge is 2.11. The van der Waals surface area contributed by atoms with Crippen molar-refractivity contribution in [3.63, 3.8) is 0 Å². The molecule has 0 atom stereocenters. The molecule has 0 aliphatic carbocycles. The molecule has 5 rings (SSSR count). The van der Waals surface area contributed by atoms with E-state index in [0.717, 1.165) is 20.1 Å². The minimum Gasteiger partial charge on any atom is -0.380 e. The maximum Gasteiger partial charge on any atom is 0.135 e. The number of hydrogen-bond acceptors (Lipinski definition) is 6. The molecule has 3 aromatic heterocycles. The summed E-state index contributed by atoms with van der Waals surface area (Å²) in [6, 6.07) is 19.1. The van der Waals surface area contributed by atoms with E-state index in [0.29, 0.717) is 5.57 Å². The number of aromatic nitrogens is 1. The van der Waals surface area contributed by atoms with Gasteiger partial charge in [0.1, 0.15) is 11.1 Å². The molecule has 0 saturated heterocycles. The third-order valence-corrected chi connectivity index (χ3v) is 7.58. The van der Waals surface area contributed by atoms with E-state index in [1.54, 1.807) is 34.0 Å². The average Bonchev–Trinajstić information content (AvgIpc) is 3.38. The van der Waals surface area contributed by atoms with Crippen molar-refractivity contribution in [1.82, 2.24) is 4.98 Å². The van der Waals surface area contributed by atoms with E-state index in [4.69, 9.17) is 0 Å². The van der Waals surface area contributed by atoms with Crippen LogP contribution in [0.5, 0.6) is 0 Å². The Hall–Kier alpha value is -2.72. The van der Waals surface area contributed by atoms with Crippen LogP contribution in [-0.2, 0) is 0 Å². The smallest absolute Gasteiger partial charge is 0.135 e. The van der Waals surface area contributed by atoms with Crippen molar-refractivity contribution in [2.45, 2.75) is 0 Å². The van der Waals surface area contributed by atoms with Crippen molar-refractivity contribution < 1.29 is 0 Å². The van der Waals surface area contributed by atoms with Gasteiger partial charge >= 0.3 is 0 Å². The van der Waals surface area contributed by atoms with Gasteiger partial charge in [0.25, 0.3) is 0 Å². The zero-order valence-corrected chi connectivity index (χ0v) is 16.8. The van der Waals surface area contributed by atoms with Crippen molar-refractivity contribution in [1.29, 1.82) is 5.26 Å². The van der Waals surface area contributed by atoms with E-state index in [-0.39, 0.29) is 0 Å². The minimum absolute atomic E-state index is 0.613. The first kappa shape index (κ1) is 16.5. The molecule has 6 heteroatoms. The minimum atomic E-state index is 0.613. The second-order valence-corrected chi connectivity index (χ2v) is 9.32. The molecule has 3 nitrogen and oxygen atoms in total. The van der Waals surface area contributed by atoms with Gasteiger partial charge in [-0.2, -0.15) is 5.26 Å². The highest BCUT2D eigenvalue weighted by molar-refractivity contribution is 7.23. The van der Waals surface area contributed by atoms with Crippen LogP contribution in [0.15, 0.2) is 48.5 Å². The van der Waals surface area contributed by atoms with Gasteiger partial charge in [0, 0.05) is 21.3 Å². The Balaban J connectivity index is 1.59. The van der Waals surface area contributed by atoms with Crippen LogP contribution < -0.4 is 5.32 Å². The lowest BCUT2D eigenvalue weighted by atomic mass is 10.2. The molecule has 5 aromatic rings. The lowest BCUT2D eigenvalue weighted by Gasteiger charge is -1.90. The fraction of sp³-hybridized carbons (Fsp3) is 0.0476. The number of nitriles is 1. The van der Waals surface area contributed by atoms with Gasteiger partial charge in [-0.25, -0.2) is 4.98 Å². The van der Waals surface area contributed by atoms with Gasteiger partial charge in [0.2, 0.25) is 0 Å². The Morgan fingerprint density at radius 1 is 1.00 bits per heavy atom. The predicted octanol–water partition coefficient (Wildman–Crippen LogP) is 6.83. The highest BCUT2D eigenvalue weighted by atomic mass is 32.1. The maximum absolute atomic E-state index is 9.67. The Kier molecular flexibility index (Phi) is 3.94. The molecule has 0 fully saturated rings. The number of para-hydroxylation sites is 1. The fourth-order valence-corrected chi connectivity index (χ4v) is 5.97. The van der Waals surface area contributed by atoms with Crippen molar-refractivity contribution >= 4 is 81.0 Å². The van der Waals surface area contributed by atoms with Crippen molar-refractivity contribution in [3.05, 3.63) is 58.4 Å². The molecule has 3 heterocycles. The third kappa shape index (κ3) is 2.90. The molecular formula is C21H13N3S3. The van der Waals surface area contributed by atoms with Crippen LogP contribution in [0.1, 0.15) is 9.88 Å². The number of nitrogens with zero attached hydrogens (tertiary/aromatic N) is 2. The topological polar surface area (TPSA) is 48.7 Å². The summed E-state index contributed by atoms with van der Waals surface area (Å²) in [6.45, 7) is 0. The quantitative estimate of drug-likeness (QED) is 0.336. The van der Waals surface area contributed by atoms with Gasteiger partial charge in [-0.05, 0) is 53.2 Å². The molecule has 0 aliphatic rings. The van der Waals surface area contributed by atoms with Crippen LogP contribution >= 0.6 is 34.0 Å². The molecule has 27 heavy (non-hydrogen) atoms. The van der Waals surface area contributed by atoms with Gasteiger partial charge in [-0.15, -0.1) is 34.0 Å². The number of thiophene rings is 2. The Bertz CT molecular complexity index is 1290. The van der Waals surface area contributed by atoms with Crippen molar-refractivity contribution in [2.24, 2.45) is 0 Å². The maximum atomic E-state index is 9.67. The number of hydrogen-bond donors (Lipinski definition) is 1. The zero-order valence-electron chi connectivity index (χ0n) is 14.3. The summed E-state index contributed by atoms with van der Waals surface area (Å²) in [4.78, 5) is 5.69. The number of benzene rings is 2. The van der Waals surface area contributed by atoms with Crippen LogP contribution in [0.4, 0.5) is 5.00 Å². The van der Waals surface area contributed by atoms with Gasteiger partial charge in [0.05, 0.1) is 20.8 Å². The van der Waals surface area contributed by atoms with Crippen LogP contribution in [0.3, 0.4) is 0 Å². The van der Waals surface area contributed by atoms with E-state index in [2.05, 4.69) is 40.6 Å². The first-order valence-electron chi connectivity index (χ1n) is 8.36. The summed E-state index contributed by atoms with van der Waals surface area (Å²) >= 11 is 5.03. The van der Waals surface area contributed by atoms with Gasteiger partial charge < -0.3 is 5.32 Å². The molecular weight excluding hydrogens is 390 g/mol. The van der Waals surface area contributed by atoms with E-state index in [1.807, 2.05) is 37.4 Å². The molecule has 0 radical (unpaired) electrons. The van der Waals surface area contributed by atoms with Gasteiger partial charge in [-0.1, -0.05) is 12.1 Å². The molecule has 0 spiro atoms. The van der Waals surface area contributed by atoms with E-state index >= 15 is 0 Å². The standard InChI is InChI=1S/C21H13N3S3/c1-23-20-10-13-9-18-12(8-19(13)26-20)6-15(25-18)7-14(11-22)21-24-16-4-2-3-5-17(16)27-21/h2-10,23H,1H3/b14-7+. The van der Waals surface area contributed by atoms with Crippen molar-refractivity contribution in [2.75, 3.05) is 12.4 Å². The average molecular weight is 404 g/mol. The SMILES string of the molecule is CNc1cc2cc3sc(/C=C(\C#N)c4nc5ccccc5s4)cc3cc2s1. The molecule has 0 aliphatic heterocycles. The number of fused-ring (bicyclic) bond motifs is 3. The Labute approximate surface area is 167 Å². The first-order valence-corrected chi connectivity index (χ1v) is 10.8.